The van der Waals surface area contributed by atoms with E-state index in [0.717, 1.165) is 29.6 Å². The summed E-state index contributed by atoms with van der Waals surface area (Å²) in [6.07, 6.45) is 34.5. The van der Waals surface area contributed by atoms with Gasteiger partial charge >= 0.3 is 0 Å². The van der Waals surface area contributed by atoms with Gasteiger partial charge in [-0.15, -0.1) is 0 Å². The molecular formula is C32H54. The van der Waals surface area contributed by atoms with Gasteiger partial charge in [0.1, 0.15) is 0 Å². The van der Waals surface area contributed by atoms with Gasteiger partial charge in [-0.05, 0) is 106 Å². The van der Waals surface area contributed by atoms with Crippen LogP contribution in [-0.4, -0.2) is 0 Å². The second kappa shape index (κ2) is 14.5. The highest BCUT2D eigenvalue weighted by Crippen LogP contribution is 2.44. The van der Waals surface area contributed by atoms with Gasteiger partial charge in [0.2, 0.25) is 0 Å². The molecule has 0 heteroatoms. The van der Waals surface area contributed by atoms with Crippen molar-refractivity contribution in [3.8, 4) is 0 Å². The van der Waals surface area contributed by atoms with E-state index >= 15 is 0 Å². The number of hydrogen-bond donors (Lipinski definition) is 0. The molecule has 3 saturated carbocycles. The fourth-order valence-corrected chi connectivity index (χ4v) is 7.31. The predicted molar refractivity (Wildman–Crippen MR) is 143 cm³/mol. The van der Waals surface area contributed by atoms with E-state index in [0.29, 0.717) is 0 Å². The lowest BCUT2D eigenvalue weighted by atomic mass is 9.67. The summed E-state index contributed by atoms with van der Waals surface area (Å²) in [4.78, 5) is 0. The van der Waals surface area contributed by atoms with Crippen LogP contribution in [-0.2, 0) is 0 Å². The largest absolute Gasteiger partial charge is 0.0993 e. The van der Waals surface area contributed by atoms with Crippen molar-refractivity contribution in [1.29, 1.82) is 0 Å². The molecule has 0 bridgehead atoms. The van der Waals surface area contributed by atoms with E-state index in [1.807, 2.05) is 0 Å². The van der Waals surface area contributed by atoms with Crippen molar-refractivity contribution in [2.24, 2.45) is 29.6 Å². The Morgan fingerprint density at radius 3 is 2.22 bits per heavy atom. The zero-order valence-electron chi connectivity index (χ0n) is 21.8. The monoisotopic (exact) mass is 438 g/mol. The van der Waals surface area contributed by atoms with Crippen molar-refractivity contribution in [3.05, 3.63) is 36.0 Å². The molecule has 3 aliphatic rings. The minimum absolute atomic E-state index is 0.818. The van der Waals surface area contributed by atoms with Crippen molar-refractivity contribution in [2.45, 2.75) is 136 Å². The SMILES string of the molecule is C=C(C1CCC(CCCCC)CC1)C1CCCCC1CC/C=C(/C=C/C)C1CCCCC1. The third-order valence-electron chi connectivity index (χ3n) is 9.33. The van der Waals surface area contributed by atoms with E-state index in [4.69, 9.17) is 6.58 Å². The first kappa shape index (κ1) is 25.8. The van der Waals surface area contributed by atoms with Crippen LogP contribution in [0.4, 0.5) is 0 Å². The average Bonchev–Trinajstić information content (AvgIpc) is 2.84. The van der Waals surface area contributed by atoms with E-state index in [1.165, 1.54) is 122 Å². The van der Waals surface area contributed by atoms with Crippen LogP contribution in [0.15, 0.2) is 36.0 Å². The number of hydrogen-bond acceptors (Lipinski definition) is 0. The van der Waals surface area contributed by atoms with Crippen LogP contribution in [0.1, 0.15) is 136 Å². The van der Waals surface area contributed by atoms with Gasteiger partial charge < -0.3 is 0 Å². The Morgan fingerprint density at radius 2 is 1.50 bits per heavy atom. The van der Waals surface area contributed by atoms with Crippen LogP contribution in [0.25, 0.3) is 0 Å². The summed E-state index contributed by atoms with van der Waals surface area (Å²) in [5, 5.41) is 0. The Morgan fingerprint density at radius 1 is 0.781 bits per heavy atom. The molecule has 0 aromatic rings. The Labute approximate surface area is 201 Å². The first-order valence-electron chi connectivity index (χ1n) is 14.7. The number of unbranched alkanes of at least 4 members (excludes halogenated alkanes) is 2. The molecule has 0 saturated heterocycles. The summed E-state index contributed by atoms with van der Waals surface area (Å²) >= 11 is 0. The molecule has 3 aliphatic carbocycles. The molecule has 32 heavy (non-hydrogen) atoms. The molecule has 2 atom stereocenters. The second-order valence-corrected chi connectivity index (χ2v) is 11.6. The molecule has 2 unspecified atom stereocenters. The summed E-state index contributed by atoms with van der Waals surface area (Å²) in [6.45, 7) is 9.29. The van der Waals surface area contributed by atoms with E-state index in [2.05, 4.69) is 32.1 Å². The maximum Gasteiger partial charge on any atom is -0.0165 e. The highest BCUT2D eigenvalue weighted by Gasteiger charge is 2.32. The molecule has 0 spiro atoms. The van der Waals surface area contributed by atoms with Gasteiger partial charge in [-0.1, -0.05) is 95.1 Å². The molecule has 0 aliphatic heterocycles. The molecule has 3 fully saturated rings. The summed E-state index contributed by atoms with van der Waals surface area (Å²) in [5.74, 6) is 4.40. The maximum absolute atomic E-state index is 4.77. The minimum Gasteiger partial charge on any atom is -0.0993 e. The van der Waals surface area contributed by atoms with Crippen LogP contribution < -0.4 is 0 Å². The molecule has 0 radical (unpaired) electrons. The van der Waals surface area contributed by atoms with E-state index in [-0.39, 0.29) is 0 Å². The van der Waals surface area contributed by atoms with Crippen LogP contribution in [0.5, 0.6) is 0 Å². The summed E-state index contributed by atoms with van der Waals surface area (Å²) < 4.78 is 0. The zero-order chi connectivity index (χ0) is 22.6. The molecule has 0 amide bonds. The van der Waals surface area contributed by atoms with Gasteiger partial charge in [-0.25, -0.2) is 0 Å². The average molecular weight is 439 g/mol. The van der Waals surface area contributed by atoms with Crippen LogP contribution in [0, 0.1) is 29.6 Å². The van der Waals surface area contributed by atoms with Crippen LogP contribution in [0.2, 0.25) is 0 Å². The molecule has 182 valence electrons. The Hall–Kier alpha value is -0.780. The van der Waals surface area contributed by atoms with E-state index < -0.39 is 0 Å². The van der Waals surface area contributed by atoms with Crippen molar-refractivity contribution in [3.63, 3.8) is 0 Å². The Kier molecular flexibility index (Phi) is 11.7. The first-order chi connectivity index (χ1) is 15.7. The van der Waals surface area contributed by atoms with Crippen molar-refractivity contribution in [2.75, 3.05) is 0 Å². The van der Waals surface area contributed by atoms with E-state index in [9.17, 15) is 0 Å². The van der Waals surface area contributed by atoms with Crippen molar-refractivity contribution < 1.29 is 0 Å². The highest BCUT2D eigenvalue weighted by atomic mass is 14.4. The molecule has 0 heterocycles. The lowest BCUT2D eigenvalue weighted by Crippen LogP contribution is -2.26. The zero-order valence-corrected chi connectivity index (χ0v) is 21.8. The van der Waals surface area contributed by atoms with E-state index in [1.54, 1.807) is 11.1 Å². The van der Waals surface area contributed by atoms with Gasteiger partial charge in [-0.2, -0.15) is 0 Å². The second-order valence-electron chi connectivity index (χ2n) is 11.6. The summed E-state index contributed by atoms with van der Waals surface area (Å²) in [7, 11) is 0. The van der Waals surface area contributed by atoms with Gasteiger partial charge in [0.05, 0.1) is 0 Å². The summed E-state index contributed by atoms with van der Waals surface area (Å²) in [5.41, 5.74) is 3.33. The Balaban J connectivity index is 1.50. The standard InChI is InChI=1S/C32H54/c1-4-6-8-15-27-22-24-28(25-23-27)26(3)32-21-12-11-18-31(32)20-13-19-29(14-5-2)30-16-9-7-10-17-30/h5,14,19,27-28,30-32H,3-4,6-13,15-18,20-25H2,1-2H3/b14-5+,29-19-. The van der Waals surface area contributed by atoms with Crippen molar-refractivity contribution >= 4 is 0 Å². The predicted octanol–water partition coefficient (Wildman–Crippen LogP) is 10.6. The molecular weight excluding hydrogens is 384 g/mol. The third kappa shape index (κ3) is 7.92. The number of allylic oxidation sites excluding steroid dienone is 5. The van der Waals surface area contributed by atoms with Gasteiger partial charge in [0.15, 0.2) is 0 Å². The number of rotatable bonds is 11. The van der Waals surface area contributed by atoms with Gasteiger partial charge in [0.25, 0.3) is 0 Å². The molecule has 0 aromatic carbocycles. The molecule has 0 nitrogen and oxygen atoms in total. The lowest BCUT2D eigenvalue weighted by molar-refractivity contribution is 0.215. The fraction of sp³-hybridized carbons (Fsp3) is 0.812. The quantitative estimate of drug-likeness (QED) is 0.171. The topological polar surface area (TPSA) is 0 Å². The van der Waals surface area contributed by atoms with Crippen LogP contribution >= 0.6 is 0 Å². The molecule has 0 aromatic heterocycles. The van der Waals surface area contributed by atoms with Gasteiger partial charge in [0, 0.05) is 0 Å². The summed E-state index contributed by atoms with van der Waals surface area (Å²) in [6, 6.07) is 0. The minimum atomic E-state index is 0.818. The molecule has 3 rings (SSSR count). The molecule has 0 N–H and O–H groups in total. The normalized spacial score (nSPS) is 30.6. The third-order valence-corrected chi connectivity index (χ3v) is 9.33. The van der Waals surface area contributed by atoms with Crippen molar-refractivity contribution in [1.82, 2.24) is 0 Å². The smallest absolute Gasteiger partial charge is 0.0165 e. The fourth-order valence-electron chi connectivity index (χ4n) is 7.31. The Bertz CT molecular complexity index is 579. The maximum atomic E-state index is 4.77. The lowest BCUT2D eigenvalue weighted by Gasteiger charge is -2.38. The first-order valence-corrected chi connectivity index (χ1v) is 14.7. The van der Waals surface area contributed by atoms with Crippen LogP contribution in [0.3, 0.4) is 0 Å². The highest BCUT2D eigenvalue weighted by molar-refractivity contribution is 5.22. The van der Waals surface area contributed by atoms with Gasteiger partial charge in [-0.3, -0.25) is 0 Å².